The SMILES string of the molecule is CN(C)CPC(=O)C(F)c1ccccc1. The van der Waals surface area contributed by atoms with E-state index >= 15 is 0 Å². The summed E-state index contributed by atoms with van der Waals surface area (Å²) in [5.74, 6) is 0. The van der Waals surface area contributed by atoms with Gasteiger partial charge >= 0.3 is 0 Å². The summed E-state index contributed by atoms with van der Waals surface area (Å²) >= 11 is 0. The number of carbonyl (C=O) groups excluding carboxylic acids is 1. The molecule has 2 unspecified atom stereocenters. The highest BCUT2D eigenvalue weighted by Crippen LogP contribution is 2.27. The molecule has 2 atom stereocenters. The van der Waals surface area contributed by atoms with Crippen LogP contribution in [0.3, 0.4) is 0 Å². The molecule has 2 nitrogen and oxygen atoms in total. The average molecular weight is 227 g/mol. The fraction of sp³-hybridized carbons (Fsp3) is 0.364. The van der Waals surface area contributed by atoms with Crippen molar-refractivity contribution in [2.24, 2.45) is 0 Å². The van der Waals surface area contributed by atoms with Gasteiger partial charge in [-0.1, -0.05) is 30.3 Å². The molecule has 0 bridgehead atoms. The van der Waals surface area contributed by atoms with Crippen molar-refractivity contribution in [2.45, 2.75) is 6.17 Å². The summed E-state index contributed by atoms with van der Waals surface area (Å²) in [6.07, 6.45) is -0.851. The zero-order valence-corrected chi connectivity index (χ0v) is 9.90. The number of hydrogen-bond acceptors (Lipinski definition) is 2. The van der Waals surface area contributed by atoms with Crippen LogP contribution in [-0.4, -0.2) is 30.8 Å². The van der Waals surface area contributed by atoms with Crippen molar-refractivity contribution < 1.29 is 9.18 Å². The van der Waals surface area contributed by atoms with Crippen LogP contribution < -0.4 is 0 Å². The molecule has 1 aromatic carbocycles. The van der Waals surface area contributed by atoms with Crippen molar-refractivity contribution in [2.75, 3.05) is 20.4 Å². The lowest BCUT2D eigenvalue weighted by atomic mass is 10.1. The van der Waals surface area contributed by atoms with E-state index in [9.17, 15) is 9.18 Å². The van der Waals surface area contributed by atoms with Gasteiger partial charge in [0.05, 0.1) is 0 Å². The van der Waals surface area contributed by atoms with E-state index in [0.29, 0.717) is 11.8 Å². The number of nitrogens with zero attached hydrogens (tertiary/aromatic N) is 1. The quantitative estimate of drug-likeness (QED) is 0.720. The van der Waals surface area contributed by atoms with Gasteiger partial charge in [-0.2, -0.15) is 0 Å². The van der Waals surface area contributed by atoms with Crippen LogP contribution in [0.1, 0.15) is 11.7 Å². The summed E-state index contributed by atoms with van der Waals surface area (Å²) < 4.78 is 13.6. The van der Waals surface area contributed by atoms with Crippen LogP contribution in [0, 0.1) is 0 Å². The largest absolute Gasteiger partial charge is 0.305 e. The zero-order valence-electron chi connectivity index (χ0n) is 8.90. The molecule has 0 amide bonds. The monoisotopic (exact) mass is 227 g/mol. The molecule has 0 saturated heterocycles. The number of carbonyl (C=O) groups is 1. The molecule has 0 heterocycles. The van der Waals surface area contributed by atoms with Gasteiger partial charge < -0.3 is 4.90 Å². The van der Waals surface area contributed by atoms with E-state index in [2.05, 4.69) is 0 Å². The third-order valence-electron chi connectivity index (χ3n) is 1.89. The lowest BCUT2D eigenvalue weighted by Gasteiger charge is -2.11. The maximum atomic E-state index is 13.6. The second kappa shape index (κ2) is 5.94. The Kier molecular flexibility index (Phi) is 4.86. The van der Waals surface area contributed by atoms with Crippen molar-refractivity contribution in [3.8, 4) is 0 Å². The molecular formula is C11H15FNOP. The molecule has 15 heavy (non-hydrogen) atoms. The minimum Gasteiger partial charge on any atom is -0.305 e. The zero-order chi connectivity index (χ0) is 11.3. The Labute approximate surface area is 91.3 Å². The van der Waals surface area contributed by atoms with Crippen molar-refractivity contribution in [3.05, 3.63) is 35.9 Å². The van der Waals surface area contributed by atoms with Crippen LogP contribution in [0.5, 0.6) is 0 Å². The first kappa shape index (κ1) is 12.3. The van der Waals surface area contributed by atoms with Crippen molar-refractivity contribution in [3.63, 3.8) is 0 Å². The van der Waals surface area contributed by atoms with E-state index in [0.717, 1.165) is 0 Å². The van der Waals surface area contributed by atoms with E-state index in [1.807, 2.05) is 25.1 Å². The van der Waals surface area contributed by atoms with Gasteiger partial charge in [-0.25, -0.2) is 4.39 Å². The summed E-state index contributed by atoms with van der Waals surface area (Å²) in [5.41, 5.74) is 0.128. The smallest absolute Gasteiger partial charge is 0.190 e. The van der Waals surface area contributed by atoms with E-state index in [-0.39, 0.29) is 14.1 Å². The summed E-state index contributed by atoms with van der Waals surface area (Å²) in [6, 6.07) is 8.57. The molecule has 82 valence electrons. The van der Waals surface area contributed by atoms with E-state index < -0.39 is 6.17 Å². The molecule has 0 spiro atoms. The standard InChI is InChI=1S/C11H15FNOP/c1-13(2)8-15-11(14)10(12)9-6-4-3-5-7-9/h3-7,10,15H,8H2,1-2H3. The summed E-state index contributed by atoms with van der Waals surface area (Å²) in [7, 11) is 3.75. The minimum absolute atomic E-state index is 0.00423. The van der Waals surface area contributed by atoms with Crippen molar-refractivity contribution in [1.82, 2.24) is 4.90 Å². The first-order chi connectivity index (χ1) is 7.11. The molecule has 0 saturated carbocycles. The molecule has 1 rings (SSSR count). The van der Waals surface area contributed by atoms with Gasteiger partial charge in [-0.05, 0) is 28.2 Å². The van der Waals surface area contributed by atoms with E-state index in [1.54, 1.807) is 24.3 Å². The first-order valence-electron chi connectivity index (χ1n) is 4.72. The summed E-state index contributed by atoms with van der Waals surface area (Å²) in [4.78, 5) is 13.3. The number of halogens is 1. The van der Waals surface area contributed by atoms with Crippen LogP contribution >= 0.6 is 8.58 Å². The second-order valence-electron chi connectivity index (χ2n) is 3.55. The van der Waals surface area contributed by atoms with Gasteiger partial charge in [-0.3, -0.25) is 4.79 Å². The Morgan fingerprint density at radius 1 is 1.40 bits per heavy atom. The maximum absolute atomic E-state index is 13.6. The maximum Gasteiger partial charge on any atom is 0.190 e. The Balaban J connectivity index is 2.54. The average Bonchev–Trinajstić information content (AvgIpc) is 2.26. The van der Waals surface area contributed by atoms with Gasteiger partial charge in [0.2, 0.25) is 0 Å². The van der Waals surface area contributed by atoms with Crippen LogP contribution in [-0.2, 0) is 4.79 Å². The Hall–Kier alpha value is -0.790. The highest BCUT2D eigenvalue weighted by molar-refractivity contribution is 7.57. The van der Waals surface area contributed by atoms with Gasteiger partial charge in [0, 0.05) is 6.29 Å². The van der Waals surface area contributed by atoms with E-state index in [1.165, 1.54) is 0 Å². The minimum atomic E-state index is -1.47. The molecule has 0 aliphatic carbocycles. The van der Waals surface area contributed by atoms with Crippen LogP contribution in [0.2, 0.25) is 0 Å². The molecule has 0 aliphatic heterocycles. The predicted molar refractivity (Wildman–Crippen MR) is 62.2 cm³/mol. The van der Waals surface area contributed by atoms with Crippen LogP contribution in [0.15, 0.2) is 30.3 Å². The highest BCUT2D eigenvalue weighted by Gasteiger charge is 2.18. The van der Waals surface area contributed by atoms with Crippen molar-refractivity contribution in [1.29, 1.82) is 0 Å². The second-order valence-corrected chi connectivity index (χ2v) is 4.71. The first-order valence-corrected chi connectivity index (χ1v) is 5.93. The molecule has 1 aromatic rings. The fourth-order valence-corrected chi connectivity index (χ4v) is 1.92. The fourth-order valence-electron chi connectivity index (χ4n) is 1.10. The molecule has 0 N–H and O–H groups in total. The highest BCUT2D eigenvalue weighted by atomic mass is 31.1. The van der Waals surface area contributed by atoms with Crippen molar-refractivity contribution >= 4 is 14.1 Å². The lowest BCUT2D eigenvalue weighted by Crippen LogP contribution is -2.12. The number of hydrogen-bond donors (Lipinski definition) is 0. The third kappa shape index (κ3) is 4.06. The topological polar surface area (TPSA) is 20.3 Å². The molecule has 4 heteroatoms. The molecule has 0 aliphatic rings. The number of alkyl halides is 1. The van der Waals surface area contributed by atoms with Gasteiger partial charge in [0.25, 0.3) is 0 Å². The van der Waals surface area contributed by atoms with Gasteiger partial charge in [-0.15, -0.1) is 0 Å². The lowest BCUT2D eigenvalue weighted by molar-refractivity contribution is -0.115. The Morgan fingerprint density at radius 2 is 2.00 bits per heavy atom. The molecule has 0 radical (unpaired) electrons. The number of rotatable bonds is 5. The van der Waals surface area contributed by atoms with Crippen LogP contribution in [0.25, 0.3) is 0 Å². The third-order valence-corrected chi connectivity index (χ3v) is 3.28. The van der Waals surface area contributed by atoms with E-state index in [4.69, 9.17) is 0 Å². The van der Waals surface area contributed by atoms with Gasteiger partial charge in [0.15, 0.2) is 11.7 Å². The summed E-state index contributed by atoms with van der Waals surface area (Å²) in [5, 5.41) is 0. The normalized spacial score (nSPS) is 13.6. The molecular weight excluding hydrogens is 212 g/mol. The molecule has 0 aromatic heterocycles. The Bertz CT molecular complexity index is 316. The van der Waals surface area contributed by atoms with Crippen LogP contribution in [0.4, 0.5) is 4.39 Å². The Morgan fingerprint density at radius 3 is 2.53 bits per heavy atom. The van der Waals surface area contributed by atoms with Gasteiger partial charge in [0.1, 0.15) is 0 Å². The molecule has 0 fully saturated rings. The summed E-state index contributed by atoms with van der Waals surface area (Å²) in [6.45, 7) is 0. The number of benzene rings is 1. The predicted octanol–water partition coefficient (Wildman–Crippen LogP) is 2.42.